The number of nitrogens with one attached hydrogen (secondary N) is 1. The lowest BCUT2D eigenvalue weighted by atomic mass is 10.0. The molecule has 88 heavy (non-hydrogen) atoms. The fourth-order valence-electron chi connectivity index (χ4n) is 13.1. The third kappa shape index (κ3) is 73.4. The van der Waals surface area contributed by atoms with E-state index in [2.05, 4.69) is 43.5 Å². The molecule has 522 valence electrons. The number of aliphatic hydroxyl groups is 2. The van der Waals surface area contributed by atoms with Gasteiger partial charge in [0.25, 0.3) is 0 Å². The van der Waals surface area contributed by atoms with E-state index in [4.69, 9.17) is 4.74 Å². The van der Waals surface area contributed by atoms with Crippen molar-refractivity contribution in [3.8, 4) is 0 Å². The molecule has 6 nitrogen and oxygen atoms in total. The lowest BCUT2D eigenvalue weighted by Crippen LogP contribution is -2.45. The number of carbonyl (C=O) groups is 2. The second kappa shape index (κ2) is 77.8. The lowest BCUT2D eigenvalue weighted by Gasteiger charge is -2.22. The van der Waals surface area contributed by atoms with E-state index < -0.39 is 12.1 Å². The molecule has 0 aliphatic rings. The standard InChI is InChI=1S/C82H159NO5/c1-3-5-7-9-11-13-15-17-19-20-44-47-50-54-58-62-66-70-74-80(85)79(78-84)83-81(86)75-71-67-63-59-55-51-48-45-42-40-38-36-34-32-30-28-26-24-22-21-23-25-27-29-31-33-35-37-39-41-43-46-49-53-57-61-65-69-73-77-88-82(87)76-72-68-64-60-56-52-18-16-14-12-10-8-6-4-2/h21-22,25,27,79-80,84-85H,3-20,23-24,26,28-78H2,1-2H3,(H,83,86)/b22-21-,27-25-. The lowest BCUT2D eigenvalue weighted by molar-refractivity contribution is -0.143. The van der Waals surface area contributed by atoms with Gasteiger partial charge in [-0.15, -0.1) is 0 Å². The summed E-state index contributed by atoms with van der Waals surface area (Å²) in [6.07, 6.45) is 100.0. The van der Waals surface area contributed by atoms with Crippen molar-refractivity contribution < 1.29 is 24.5 Å². The van der Waals surface area contributed by atoms with Crippen LogP contribution >= 0.6 is 0 Å². The van der Waals surface area contributed by atoms with Crippen LogP contribution in [0.1, 0.15) is 463 Å². The van der Waals surface area contributed by atoms with Crippen molar-refractivity contribution in [2.75, 3.05) is 13.2 Å². The summed E-state index contributed by atoms with van der Waals surface area (Å²) in [4.78, 5) is 24.6. The molecule has 0 heterocycles. The van der Waals surface area contributed by atoms with Crippen molar-refractivity contribution in [1.29, 1.82) is 0 Å². The molecule has 0 spiro atoms. The van der Waals surface area contributed by atoms with Crippen LogP contribution in [0.3, 0.4) is 0 Å². The molecular weight excluding hydrogens is 1080 g/mol. The molecular formula is C82H159NO5. The van der Waals surface area contributed by atoms with E-state index in [9.17, 15) is 19.8 Å². The molecule has 3 N–H and O–H groups in total. The molecule has 0 aliphatic heterocycles. The van der Waals surface area contributed by atoms with Crippen LogP contribution in [-0.2, 0) is 14.3 Å². The quantitative estimate of drug-likeness (QED) is 0.0320. The largest absolute Gasteiger partial charge is 0.466 e. The minimum atomic E-state index is -0.662. The van der Waals surface area contributed by atoms with Crippen LogP contribution in [0.2, 0.25) is 0 Å². The third-order valence-corrected chi connectivity index (χ3v) is 19.3. The number of hydrogen-bond donors (Lipinski definition) is 3. The van der Waals surface area contributed by atoms with Gasteiger partial charge in [-0.1, -0.05) is 417 Å². The Balaban J connectivity index is 3.34. The molecule has 0 aromatic heterocycles. The number of allylic oxidation sites excluding steroid dienone is 4. The van der Waals surface area contributed by atoms with Gasteiger partial charge in [0.05, 0.1) is 25.4 Å². The summed E-state index contributed by atoms with van der Waals surface area (Å²) in [5.74, 6) is -0.00367. The normalized spacial score (nSPS) is 12.5. The van der Waals surface area contributed by atoms with Crippen molar-refractivity contribution in [2.24, 2.45) is 0 Å². The number of amides is 1. The summed E-state index contributed by atoms with van der Waals surface area (Å²) in [5.41, 5.74) is 0. The highest BCUT2D eigenvalue weighted by Crippen LogP contribution is 2.20. The van der Waals surface area contributed by atoms with Crippen molar-refractivity contribution in [2.45, 2.75) is 475 Å². The topological polar surface area (TPSA) is 95.9 Å². The molecule has 0 aliphatic carbocycles. The SMILES string of the molecule is CCCCCCCCCCCCCCCCCCCCC(O)C(CO)NC(=O)CCCCCCCCCCCCCCCCCCC/C=C\C/C=C\CCCCCCCCCCCCCCCCCOC(=O)CCCCCCCCCCCCCCCC. The Bertz CT molecular complexity index is 1380. The van der Waals surface area contributed by atoms with Crippen LogP contribution in [0, 0.1) is 0 Å². The molecule has 2 atom stereocenters. The van der Waals surface area contributed by atoms with Gasteiger partial charge >= 0.3 is 5.97 Å². The fraction of sp³-hybridized carbons (Fsp3) is 0.927. The number of aliphatic hydroxyl groups excluding tert-OH is 2. The van der Waals surface area contributed by atoms with Crippen LogP contribution < -0.4 is 5.32 Å². The zero-order valence-electron chi connectivity index (χ0n) is 60.0. The van der Waals surface area contributed by atoms with Crippen molar-refractivity contribution in [3.63, 3.8) is 0 Å². The van der Waals surface area contributed by atoms with E-state index in [1.54, 1.807) is 0 Å². The number of rotatable bonds is 77. The van der Waals surface area contributed by atoms with Gasteiger partial charge in [-0.05, 0) is 57.8 Å². The van der Waals surface area contributed by atoms with Gasteiger partial charge in [-0.3, -0.25) is 9.59 Å². The minimum Gasteiger partial charge on any atom is -0.466 e. The predicted octanol–water partition coefficient (Wildman–Crippen LogP) is 26.8. The second-order valence-electron chi connectivity index (χ2n) is 28.1. The van der Waals surface area contributed by atoms with Gasteiger partial charge in [0.15, 0.2) is 0 Å². The van der Waals surface area contributed by atoms with Gasteiger partial charge < -0.3 is 20.3 Å². The second-order valence-corrected chi connectivity index (χ2v) is 28.1. The first-order valence-corrected chi connectivity index (χ1v) is 40.6. The maximum atomic E-state index is 12.5. The van der Waals surface area contributed by atoms with Crippen LogP contribution in [0.15, 0.2) is 24.3 Å². The molecule has 0 aromatic rings. The summed E-state index contributed by atoms with van der Waals surface area (Å²) >= 11 is 0. The van der Waals surface area contributed by atoms with Gasteiger partial charge in [-0.2, -0.15) is 0 Å². The highest BCUT2D eigenvalue weighted by Gasteiger charge is 2.20. The van der Waals surface area contributed by atoms with Crippen molar-refractivity contribution >= 4 is 11.9 Å². The van der Waals surface area contributed by atoms with Crippen LogP contribution in [0.5, 0.6) is 0 Å². The van der Waals surface area contributed by atoms with Gasteiger partial charge in [-0.25, -0.2) is 0 Å². The summed E-state index contributed by atoms with van der Waals surface area (Å²) in [7, 11) is 0. The molecule has 0 rings (SSSR count). The van der Waals surface area contributed by atoms with E-state index in [0.29, 0.717) is 25.9 Å². The summed E-state index contributed by atoms with van der Waals surface area (Å²) in [5, 5.41) is 23.4. The van der Waals surface area contributed by atoms with Crippen LogP contribution in [0.4, 0.5) is 0 Å². The van der Waals surface area contributed by atoms with Crippen LogP contribution in [-0.4, -0.2) is 47.4 Å². The van der Waals surface area contributed by atoms with Gasteiger partial charge in [0.2, 0.25) is 5.91 Å². The van der Waals surface area contributed by atoms with E-state index in [1.165, 1.54) is 385 Å². The average Bonchev–Trinajstić information content (AvgIpc) is 3.56. The summed E-state index contributed by atoms with van der Waals surface area (Å²) < 4.78 is 5.50. The summed E-state index contributed by atoms with van der Waals surface area (Å²) in [6.45, 7) is 5.01. The number of unbranched alkanes of at least 4 members (excludes halogenated alkanes) is 62. The van der Waals surface area contributed by atoms with E-state index in [-0.39, 0.29) is 18.5 Å². The Morgan fingerprint density at radius 2 is 0.568 bits per heavy atom. The molecule has 0 saturated carbocycles. The van der Waals surface area contributed by atoms with E-state index >= 15 is 0 Å². The summed E-state index contributed by atoms with van der Waals surface area (Å²) in [6, 6.07) is -0.539. The predicted molar refractivity (Wildman–Crippen MR) is 389 cm³/mol. The van der Waals surface area contributed by atoms with Gasteiger partial charge in [0.1, 0.15) is 0 Å². The monoisotopic (exact) mass is 1240 g/mol. The Labute approximate surface area is 551 Å². The van der Waals surface area contributed by atoms with Crippen molar-refractivity contribution in [1.82, 2.24) is 5.32 Å². The maximum absolute atomic E-state index is 12.5. The average molecular weight is 1240 g/mol. The molecule has 0 fully saturated rings. The first-order chi connectivity index (χ1) is 43.5. The van der Waals surface area contributed by atoms with Crippen LogP contribution in [0.25, 0.3) is 0 Å². The van der Waals surface area contributed by atoms with E-state index in [1.807, 2.05) is 0 Å². The molecule has 6 heteroatoms. The van der Waals surface area contributed by atoms with E-state index in [0.717, 1.165) is 44.9 Å². The Kier molecular flexibility index (Phi) is 76.3. The molecule has 0 bridgehead atoms. The molecule has 0 radical (unpaired) electrons. The first kappa shape index (κ1) is 86.3. The zero-order valence-corrected chi connectivity index (χ0v) is 60.0. The highest BCUT2D eigenvalue weighted by molar-refractivity contribution is 5.76. The fourth-order valence-corrected chi connectivity index (χ4v) is 13.1. The molecule has 0 aromatic carbocycles. The third-order valence-electron chi connectivity index (χ3n) is 19.3. The number of ether oxygens (including phenoxy) is 1. The molecule has 0 saturated heterocycles. The highest BCUT2D eigenvalue weighted by atomic mass is 16.5. The molecule has 2 unspecified atom stereocenters. The Morgan fingerprint density at radius 3 is 0.864 bits per heavy atom. The number of hydrogen-bond acceptors (Lipinski definition) is 5. The number of carbonyl (C=O) groups excluding carboxylic acids is 2. The Hall–Kier alpha value is -1.66. The Morgan fingerprint density at radius 1 is 0.318 bits per heavy atom. The first-order valence-electron chi connectivity index (χ1n) is 40.6. The minimum absolute atomic E-state index is 0.0235. The zero-order chi connectivity index (χ0) is 63.5. The number of esters is 1. The maximum Gasteiger partial charge on any atom is 0.305 e. The molecule has 1 amide bonds. The van der Waals surface area contributed by atoms with Gasteiger partial charge in [0, 0.05) is 12.8 Å². The van der Waals surface area contributed by atoms with Crippen molar-refractivity contribution in [3.05, 3.63) is 24.3 Å². The smallest absolute Gasteiger partial charge is 0.305 e.